The van der Waals surface area contributed by atoms with Gasteiger partial charge in [0, 0.05) is 16.7 Å². The predicted molar refractivity (Wildman–Crippen MR) is 119 cm³/mol. The summed E-state index contributed by atoms with van der Waals surface area (Å²) in [6.45, 7) is 0. The van der Waals surface area contributed by atoms with Crippen molar-refractivity contribution in [3.8, 4) is 22.9 Å². The van der Waals surface area contributed by atoms with Gasteiger partial charge in [0.15, 0.2) is 15.6 Å². The second-order valence-corrected chi connectivity index (χ2v) is 8.22. The predicted octanol–water partition coefficient (Wildman–Crippen LogP) is 5.59. The van der Waals surface area contributed by atoms with Gasteiger partial charge in [-0.1, -0.05) is 11.3 Å². The summed E-state index contributed by atoms with van der Waals surface area (Å²) in [6.07, 6.45) is -1.22. The number of fused-ring (bicyclic) bond motifs is 1. The van der Waals surface area contributed by atoms with E-state index in [1.165, 1.54) is 49.7 Å². The van der Waals surface area contributed by atoms with Crippen molar-refractivity contribution in [2.24, 2.45) is 0 Å². The summed E-state index contributed by atoms with van der Waals surface area (Å²) in [5, 5.41) is 12.3. The van der Waals surface area contributed by atoms with Crippen LogP contribution >= 0.6 is 27.3 Å². The van der Waals surface area contributed by atoms with Crippen molar-refractivity contribution in [2.45, 2.75) is 6.43 Å². The molecule has 4 aromatic rings. The molecule has 2 aromatic heterocycles. The van der Waals surface area contributed by atoms with E-state index in [4.69, 9.17) is 4.74 Å². The zero-order valence-electron chi connectivity index (χ0n) is 16.3. The molecule has 0 aliphatic rings. The normalized spacial score (nSPS) is 10.9. The molecule has 1 N–H and O–H groups in total. The molecule has 7 nitrogen and oxygen atoms in total. The maximum atomic E-state index is 13.3. The number of carbonyl (C=O) groups is 1. The highest BCUT2D eigenvalue weighted by atomic mass is 79.9. The van der Waals surface area contributed by atoms with E-state index >= 15 is 0 Å². The maximum absolute atomic E-state index is 13.3. The first-order valence-corrected chi connectivity index (χ1v) is 10.6. The topological polar surface area (TPSA) is 101 Å². The van der Waals surface area contributed by atoms with Crippen molar-refractivity contribution in [3.63, 3.8) is 0 Å². The van der Waals surface area contributed by atoms with E-state index in [1.807, 2.05) is 6.07 Å². The molecule has 0 fully saturated rings. The fraction of sp³-hybridized carbons (Fsp3) is 0.0952. The molecule has 2 heterocycles. The Labute approximate surface area is 192 Å². The summed E-state index contributed by atoms with van der Waals surface area (Å²) in [4.78, 5) is 26.3. The number of nitrogens with one attached hydrogen (secondary N) is 1. The van der Waals surface area contributed by atoms with Gasteiger partial charge in [-0.3, -0.25) is 10.1 Å². The Kier molecular flexibility index (Phi) is 6.07. The van der Waals surface area contributed by atoms with Crippen molar-refractivity contribution < 1.29 is 18.3 Å². The number of rotatable bonds is 5. The Balaban J connectivity index is 1.79. The average Bonchev–Trinajstić information content (AvgIpc) is 3.19. The molecule has 32 heavy (non-hydrogen) atoms. The molecule has 0 spiro atoms. The number of carbonyl (C=O) groups excluding carboxylic acids is 1. The highest BCUT2D eigenvalue weighted by molar-refractivity contribution is 9.10. The third-order valence-electron chi connectivity index (χ3n) is 4.47. The van der Waals surface area contributed by atoms with Gasteiger partial charge in [-0.15, -0.1) is 0 Å². The summed E-state index contributed by atoms with van der Waals surface area (Å²) >= 11 is 4.37. The van der Waals surface area contributed by atoms with Gasteiger partial charge in [-0.2, -0.15) is 10.2 Å². The highest BCUT2D eigenvalue weighted by Crippen LogP contribution is 2.36. The number of hydrogen-bond acceptors (Lipinski definition) is 7. The number of alkyl halides is 2. The van der Waals surface area contributed by atoms with E-state index in [2.05, 4.69) is 36.2 Å². The van der Waals surface area contributed by atoms with Crippen LogP contribution in [0.3, 0.4) is 0 Å². The minimum Gasteiger partial charge on any atom is -0.496 e. The number of anilines is 1. The molecule has 11 heteroatoms. The molecule has 0 atom stereocenters. The number of amides is 1. The van der Waals surface area contributed by atoms with E-state index in [-0.39, 0.29) is 38.7 Å². The summed E-state index contributed by atoms with van der Waals surface area (Å²) < 4.78 is 32.5. The summed E-state index contributed by atoms with van der Waals surface area (Å²) in [5.41, 5.74) is 1.11. The summed E-state index contributed by atoms with van der Waals surface area (Å²) in [7, 11) is 1.40. The number of methoxy groups -OCH3 is 1. The van der Waals surface area contributed by atoms with Gasteiger partial charge < -0.3 is 4.74 Å². The van der Waals surface area contributed by atoms with E-state index < -0.39 is 12.3 Å². The Morgan fingerprint density at radius 3 is 2.75 bits per heavy atom. The smallest absolute Gasteiger partial charge is 0.263 e. The Bertz CT molecular complexity index is 1390. The SMILES string of the molecule is COc1ccc(C(F)F)cc1-c1cc(C#N)ccc1C(=O)Nc1nc2ncc(Br)nc2s1. The van der Waals surface area contributed by atoms with Crippen LogP contribution in [-0.4, -0.2) is 28.0 Å². The first-order chi connectivity index (χ1) is 15.4. The van der Waals surface area contributed by atoms with Crippen LogP contribution in [0.5, 0.6) is 5.75 Å². The molecule has 160 valence electrons. The largest absolute Gasteiger partial charge is 0.496 e. The number of halogens is 3. The molecule has 0 aliphatic carbocycles. The van der Waals surface area contributed by atoms with Crippen molar-refractivity contribution in [3.05, 3.63) is 63.9 Å². The first kappa shape index (κ1) is 21.7. The molecule has 4 rings (SSSR count). The third kappa shape index (κ3) is 4.28. The highest BCUT2D eigenvalue weighted by Gasteiger charge is 2.20. The zero-order valence-corrected chi connectivity index (χ0v) is 18.7. The van der Waals surface area contributed by atoms with Gasteiger partial charge >= 0.3 is 0 Å². The van der Waals surface area contributed by atoms with E-state index in [1.54, 1.807) is 0 Å². The van der Waals surface area contributed by atoms with Crippen LogP contribution in [-0.2, 0) is 0 Å². The Hall–Kier alpha value is -3.49. The van der Waals surface area contributed by atoms with Gasteiger partial charge in [-0.25, -0.2) is 18.7 Å². The van der Waals surface area contributed by atoms with Crippen LogP contribution in [0.25, 0.3) is 21.6 Å². The Morgan fingerprint density at radius 1 is 1.22 bits per heavy atom. The van der Waals surface area contributed by atoms with Crippen LogP contribution in [0.4, 0.5) is 13.9 Å². The number of aromatic nitrogens is 3. The summed E-state index contributed by atoms with van der Waals surface area (Å²) in [5.74, 6) is -0.246. The van der Waals surface area contributed by atoms with Gasteiger partial charge in [0.1, 0.15) is 10.4 Å². The van der Waals surface area contributed by atoms with Crippen LogP contribution < -0.4 is 10.1 Å². The average molecular weight is 516 g/mol. The van der Waals surface area contributed by atoms with Gasteiger partial charge in [0.25, 0.3) is 12.3 Å². The monoisotopic (exact) mass is 515 g/mol. The van der Waals surface area contributed by atoms with Crippen molar-refractivity contribution in [2.75, 3.05) is 12.4 Å². The van der Waals surface area contributed by atoms with Crippen LogP contribution in [0.15, 0.2) is 47.2 Å². The van der Waals surface area contributed by atoms with E-state index in [0.29, 0.717) is 15.1 Å². The lowest BCUT2D eigenvalue weighted by molar-refractivity contribution is 0.102. The number of nitriles is 1. The molecular weight excluding hydrogens is 504 g/mol. The van der Waals surface area contributed by atoms with Crippen molar-refractivity contribution in [1.29, 1.82) is 5.26 Å². The van der Waals surface area contributed by atoms with E-state index in [9.17, 15) is 18.8 Å². The quantitative estimate of drug-likeness (QED) is 0.372. The number of nitrogens with zero attached hydrogens (tertiary/aromatic N) is 4. The zero-order chi connectivity index (χ0) is 22.8. The summed E-state index contributed by atoms with van der Waals surface area (Å²) in [6, 6.07) is 10.3. The van der Waals surface area contributed by atoms with Gasteiger partial charge in [0.2, 0.25) is 0 Å². The molecule has 0 bridgehead atoms. The molecular formula is C21H12BrF2N5O2S. The van der Waals surface area contributed by atoms with Gasteiger partial charge in [0.05, 0.1) is 24.9 Å². The lowest BCUT2D eigenvalue weighted by Crippen LogP contribution is -2.13. The lowest BCUT2D eigenvalue weighted by atomic mass is 9.95. The fourth-order valence-corrected chi connectivity index (χ4v) is 4.22. The first-order valence-electron chi connectivity index (χ1n) is 9.00. The standard InChI is InChI=1S/C21H12BrF2N5O2S/c1-31-15-5-3-11(17(23)24)7-14(15)13-6-10(8-25)2-4-12(13)19(30)29-21-28-18-20(32-21)27-16(22)9-26-18/h2-7,9,17H,1H3,(H,26,28,29,30). The number of ether oxygens (including phenoxy) is 1. The van der Waals surface area contributed by atoms with Crippen molar-refractivity contribution >= 4 is 48.8 Å². The number of hydrogen-bond donors (Lipinski definition) is 1. The molecule has 0 unspecified atom stereocenters. The molecule has 2 aromatic carbocycles. The Morgan fingerprint density at radius 2 is 2.03 bits per heavy atom. The van der Waals surface area contributed by atoms with Gasteiger partial charge in [-0.05, 0) is 57.9 Å². The van der Waals surface area contributed by atoms with Crippen molar-refractivity contribution in [1.82, 2.24) is 15.0 Å². The second-order valence-electron chi connectivity index (χ2n) is 6.43. The molecule has 0 radical (unpaired) electrons. The fourth-order valence-electron chi connectivity index (χ4n) is 3.03. The second kappa shape index (κ2) is 8.94. The van der Waals surface area contributed by atoms with Crippen LogP contribution in [0.2, 0.25) is 0 Å². The lowest BCUT2D eigenvalue weighted by Gasteiger charge is -2.14. The molecule has 0 saturated heterocycles. The molecule has 0 saturated carbocycles. The molecule has 1 amide bonds. The van der Waals surface area contributed by atoms with E-state index in [0.717, 1.165) is 11.3 Å². The minimum absolute atomic E-state index is 0.162. The number of benzene rings is 2. The number of thiazole rings is 1. The third-order valence-corrected chi connectivity index (χ3v) is 5.71. The molecule has 0 aliphatic heterocycles. The van der Waals surface area contributed by atoms with Crippen LogP contribution in [0.1, 0.15) is 27.9 Å². The maximum Gasteiger partial charge on any atom is 0.263 e. The minimum atomic E-state index is -2.71. The van der Waals surface area contributed by atoms with Crippen LogP contribution in [0, 0.1) is 11.3 Å².